The monoisotopic (exact) mass is 848 g/mol. The third-order valence-corrected chi connectivity index (χ3v) is 8.58. The highest BCUT2D eigenvalue weighted by atomic mass is 19.4. The Hall–Kier alpha value is -5.71. The summed E-state index contributed by atoms with van der Waals surface area (Å²) in [7, 11) is 2.62. The largest absolute Gasteiger partial charge is 0.493 e. The zero-order chi connectivity index (χ0) is 45.8. The molecule has 0 saturated carbocycles. The Bertz CT molecular complexity index is 1940. The third kappa shape index (κ3) is 19.5. The first-order valence-electron chi connectivity index (χ1n) is 20.7. The van der Waals surface area contributed by atoms with Gasteiger partial charge in [-0.15, -0.1) is 0 Å². The van der Waals surface area contributed by atoms with Gasteiger partial charge in [0.25, 0.3) is 0 Å². The number of allylic oxidation sites excluding steroid dienone is 2. The Morgan fingerprint density at radius 1 is 0.689 bits per heavy atom. The van der Waals surface area contributed by atoms with Gasteiger partial charge >= 0.3 is 6.18 Å². The molecule has 4 rings (SSSR count). The van der Waals surface area contributed by atoms with E-state index in [4.69, 9.17) is 23.8 Å². The molecule has 0 aromatic heterocycles. The van der Waals surface area contributed by atoms with Crippen LogP contribution in [0, 0.1) is 27.7 Å². The number of benzene rings is 4. The van der Waals surface area contributed by atoms with Crippen molar-refractivity contribution in [2.24, 2.45) is 10.3 Å². The zero-order valence-electron chi connectivity index (χ0n) is 38.4. The van der Waals surface area contributed by atoms with Crippen molar-refractivity contribution in [2.45, 2.75) is 101 Å². The van der Waals surface area contributed by atoms with Crippen LogP contribution in [-0.2, 0) is 16.1 Å². The highest BCUT2D eigenvalue weighted by Crippen LogP contribution is 2.30. The van der Waals surface area contributed by atoms with Gasteiger partial charge < -0.3 is 28.6 Å². The number of alkyl halides is 3. The van der Waals surface area contributed by atoms with Crippen LogP contribution in [0.3, 0.4) is 0 Å². The van der Waals surface area contributed by atoms with E-state index in [-0.39, 0.29) is 18.3 Å². The summed E-state index contributed by atoms with van der Waals surface area (Å²) in [5.41, 5.74) is 6.81. The Morgan fingerprint density at radius 2 is 1.25 bits per heavy atom. The number of ether oxygens (including phenoxy) is 4. The van der Waals surface area contributed by atoms with E-state index in [0.717, 1.165) is 47.5 Å². The summed E-state index contributed by atoms with van der Waals surface area (Å²) >= 11 is 0. The number of rotatable bonds is 18. The summed E-state index contributed by atoms with van der Waals surface area (Å²) in [4.78, 5) is 9.09. The van der Waals surface area contributed by atoms with E-state index in [1.165, 1.54) is 40.5 Å². The Balaban J connectivity index is 0.000000587. The van der Waals surface area contributed by atoms with Crippen LogP contribution in [0.15, 0.2) is 107 Å². The van der Waals surface area contributed by atoms with Crippen molar-refractivity contribution >= 4 is 11.9 Å². The summed E-state index contributed by atoms with van der Waals surface area (Å²) in [6.45, 7) is 23.4. The lowest BCUT2D eigenvalue weighted by atomic mass is 9.95. The molecule has 0 aliphatic rings. The van der Waals surface area contributed by atoms with Crippen LogP contribution in [0.4, 0.5) is 13.2 Å². The lowest BCUT2D eigenvalue weighted by Crippen LogP contribution is -2.24. The summed E-state index contributed by atoms with van der Waals surface area (Å²) in [5.74, 6) is 2.80. The minimum atomic E-state index is -4.64. The van der Waals surface area contributed by atoms with Crippen LogP contribution in [0.25, 0.3) is 0 Å². The first kappa shape index (κ1) is 53.3. The van der Waals surface area contributed by atoms with E-state index in [0.29, 0.717) is 25.4 Å². The number of oxime groups is 2. The Labute approximate surface area is 363 Å². The Kier molecular flexibility index (Phi) is 25.8. The number of hydrogen-bond acceptors (Lipinski definition) is 8. The maximum Gasteiger partial charge on any atom is 0.437 e. The van der Waals surface area contributed by atoms with E-state index >= 15 is 0 Å². The van der Waals surface area contributed by atoms with Crippen molar-refractivity contribution in [3.8, 4) is 23.0 Å². The molecule has 0 radical (unpaired) electrons. The van der Waals surface area contributed by atoms with Crippen LogP contribution in [0.2, 0.25) is 0 Å². The fourth-order valence-electron chi connectivity index (χ4n) is 5.77. The van der Waals surface area contributed by atoms with Crippen molar-refractivity contribution < 1.29 is 41.8 Å². The molecule has 0 spiro atoms. The first-order valence-corrected chi connectivity index (χ1v) is 20.7. The fourth-order valence-corrected chi connectivity index (χ4v) is 5.77. The van der Waals surface area contributed by atoms with E-state index in [9.17, 15) is 13.2 Å². The predicted octanol–water partition coefficient (Wildman–Crippen LogP) is 13.3. The van der Waals surface area contributed by atoms with Gasteiger partial charge in [0.2, 0.25) is 0 Å². The SMILES string of the molecule is C/C=C/COc1cc(C)c(Cc2cccc(/C=N\OC)c2)c(C)c1.C/C=C/COc1cc(C)c(OC(C)CCOc2cccc(/C(=N\OC)C(F)(F)F)c2)c(C)c1.CC.CC. The van der Waals surface area contributed by atoms with E-state index < -0.39 is 11.9 Å². The van der Waals surface area contributed by atoms with Crippen molar-refractivity contribution in [3.63, 3.8) is 0 Å². The predicted molar refractivity (Wildman–Crippen MR) is 245 cm³/mol. The van der Waals surface area contributed by atoms with Gasteiger partial charge in [0.05, 0.1) is 18.9 Å². The number of nitrogens with zero attached hydrogens (tertiary/aromatic N) is 2. The number of hydrogen-bond donors (Lipinski definition) is 0. The molecule has 11 heteroatoms. The highest BCUT2D eigenvalue weighted by Gasteiger charge is 2.38. The molecule has 0 saturated heterocycles. The fraction of sp³-hybridized carbons (Fsp3) is 0.400. The molecule has 1 atom stereocenters. The molecule has 8 nitrogen and oxygen atoms in total. The molecule has 0 N–H and O–H groups in total. The molecule has 334 valence electrons. The lowest BCUT2D eigenvalue weighted by molar-refractivity contribution is -0.0608. The topological polar surface area (TPSA) is 80.1 Å². The molecule has 61 heavy (non-hydrogen) atoms. The maximum absolute atomic E-state index is 13.2. The lowest BCUT2D eigenvalue weighted by Gasteiger charge is -2.19. The minimum Gasteiger partial charge on any atom is -0.493 e. The van der Waals surface area contributed by atoms with Gasteiger partial charge in [-0.25, -0.2) is 0 Å². The van der Waals surface area contributed by atoms with Crippen molar-refractivity contribution in [1.82, 2.24) is 0 Å². The molecule has 1 unspecified atom stereocenters. The maximum atomic E-state index is 13.2. The summed E-state index contributed by atoms with van der Waals surface area (Å²) in [5, 5.41) is 6.93. The molecule has 4 aromatic rings. The van der Waals surface area contributed by atoms with Gasteiger partial charge in [0.15, 0.2) is 5.71 Å². The number of aryl methyl sites for hydroxylation is 4. The quantitative estimate of drug-likeness (QED) is 0.0564. The highest BCUT2D eigenvalue weighted by molar-refractivity contribution is 6.04. The molecule has 0 aliphatic heterocycles. The number of halogens is 3. The second-order valence-corrected chi connectivity index (χ2v) is 13.2. The van der Waals surface area contributed by atoms with E-state index in [1.807, 2.05) is 111 Å². The normalized spacial score (nSPS) is 11.8. The average molecular weight is 849 g/mol. The van der Waals surface area contributed by atoms with Crippen LogP contribution in [0.1, 0.15) is 99.4 Å². The van der Waals surface area contributed by atoms with E-state index in [2.05, 4.69) is 53.3 Å². The van der Waals surface area contributed by atoms with Gasteiger partial charge in [-0.05, 0) is 136 Å². The van der Waals surface area contributed by atoms with Crippen molar-refractivity contribution in [1.29, 1.82) is 0 Å². The van der Waals surface area contributed by atoms with Gasteiger partial charge in [-0.3, -0.25) is 0 Å². The second-order valence-electron chi connectivity index (χ2n) is 13.2. The molecule has 0 amide bonds. The standard InChI is InChI=1S/C25H30F3NO4.C21H25NO2.2C2H6/c1-6-7-12-31-22-14-17(2)23(18(3)15-22)33-19(4)11-13-32-21-10-8-9-20(16-21)24(29-30-5)25(26,27)28;1-5-6-10-24-20-11-16(2)21(17(3)12-20)14-18-8-7-9-19(13-18)15-22-23-4;2*1-2/h6-10,14-16,19H,11-13H2,1-5H3;5-9,11-13,15H,10,14H2,1-4H3;2*1-2H3/b7-6+,29-24+;6-5+,22-15-;;. The van der Waals surface area contributed by atoms with Crippen LogP contribution in [0.5, 0.6) is 23.0 Å². The van der Waals surface area contributed by atoms with Gasteiger partial charge in [0, 0.05) is 12.0 Å². The molecular formula is C50H67F3N2O6. The average Bonchev–Trinajstić information content (AvgIpc) is 3.23. The third-order valence-electron chi connectivity index (χ3n) is 8.58. The minimum absolute atomic E-state index is 0.130. The van der Waals surface area contributed by atoms with Gasteiger partial charge in [0.1, 0.15) is 50.4 Å². The van der Waals surface area contributed by atoms with Gasteiger partial charge in [-0.1, -0.05) is 92.6 Å². The molecular weight excluding hydrogens is 782 g/mol. The molecule has 0 fully saturated rings. The smallest absolute Gasteiger partial charge is 0.437 e. The van der Waals surface area contributed by atoms with E-state index in [1.54, 1.807) is 19.4 Å². The van der Waals surface area contributed by atoms with Crippen LogP contribution in [-0.4, -0.2) is 58.2 Å². The molecule has 0 bridgehead atoms. The molecule has 0 heterocycles. The summed E-state index contributed by atoms with van der Waals surface area (Å²) in [6, 6.07) is 22.1. The van der Waals surface area contributed by atoms with Crippen LogP contribution >= 0.6 is 0 Å². The van der Waals surface area contributed by atoms with Crippen molar-refractivity contribution in [3.05, 3.63) is 142 Å². The summed E-state index contributed by atoms with van der Waals surface area (Å²) in [6.07, 6.45) is 6.21. The zero-order valence-corrected chi connectivity index (χ0v) is 38.4. The second kappa shape index (κ2) is 29.5. The summed E-state index contributed by atoms with van der Waals surface area (Å²) < 4.78 is 62.7. The molecule has 4 aromatic carbocycles. The van der Waals surface area contributed by atoms with Gasteiger partial charge in [-0.2, -0.15) is 13.2 Å². The Morgan fingerprint density at radius 3 is 1.77 bits per heavy atom. The van der Waals surface area contributed by atoms with Crippen molar-refractivity contribution in [2.75, 3.05) is 34.0 Å². The first-order chi connectivity index (χ1) is 29.3. The van der Waals surface area contributed by atoms with Crippen LogP contribution < -0.4 is 18.9 Å². The molecule has 0 aliphatic carbocycles.